The molecule has 0 radical (unpaired) electrons. The highest BCUT2D eigenvalue weighted by Gasteiger charge is 2.21. The van der Waals surface area contributed by atoms with E-state index in [1.54, 1.807) is 11.6 Å². The standard InChI is InChI=1S/C18H24N2O3/c21-17(19-23)8-4-7-16-11-13-20(14-12-16)18(22)10-9-15-5-2-1-3-6-15/h1-3,5-6,9-10,16,23H,4,7-8,11-14H2,(H,19,21)/b10-9+. The van der Waals surface area contributed by atoms with Crippen LogP contribution in [0.1, 0.15) is 37.7 Å². The number of carbonyl (C=O) groups is 2. The normalized spacial score (nSPS) is 15.8. The van der Waals surface area contributed by atoms with Crippen molar-refractivity contribution in [2.24, 2.45) is 5.92 Å². The number of nitrogens with one attached hydrogen (secondary N) is 1. The van der Waals surface area contributed by atoms with Gasteiger partial charge >= 0.3 is 0 Å². The Kier molecular flexibility index (Phi) is 6.81. The molecule has 0 saturated carbocycles. The van der Waals surface area contributed by atoms with Crippen molar-refractivity contribution in [3.05, 3.63) is 42.0 Å². The predicted octanol–water partition coefficient (Wildman–Crippen LogP) is 2.61. The molecule has 0 bridgehead atoms. The van der Waals surface area contributed by atoms with Gasteiger partial charge in [0.05, 0.1) is 0 Å². The van der Waals surface area contributed by atoms with E-state index in [1.165, 1.54) is 0 Å². The van der Waals surface area contributed by atoms with E-state index in [-0.39, 0.29) is 11.8 Å². The molecule has 1 saturated heterocycles. The van der Waals surface area contributed by atoms with Crippen molar-refractivity contribution in [3.8, 4) is 0 Å². The fourth-order valence-electron chi connectivity index (χ4n) is 2.89. The first-order chi connectivity index (χ1) is 11.2. The maximum atomic E-state index is 12.2. The fraction of sp³-hybridized carbons (Fsp3) is 0.444. The molecule has 23 heavy (non-hydrogen) atoms. The Morgan fingerprint density at radius 1 is 1.22 bits per heavy atom. The number of carbonyl (C=O) groups excluding carboxylic acids is 2. The summed E-state index contributed by atoms with van der Waals surface area (Å²) in [4.78, 5) is 25.0. The summed E-state index contributed by atoms with van der Waals surface area (Å²) >= 11 is 0. The van der Waals surface area contributed by atoms with Crippen molar-refractivity contribution >= 4 is 17.9 Å². The molecule has 2 N–H and O–H groups in total. The maximum Gasteiger partial charge on any atom is 0.246 e. The van der Waals surface area contributed by atoms with E-state index in [0.29, 0.717) is 12.3 Å². The summed E-state index contributed by atoms with van der Waals surface area (Å²) in [5.41, 5.74) is 2.68. The van der Waals surface area contributed by atoms with E-state index < -0.39 is 0 Å². The van der Waals surface area contributed by atoms with Gasteiger partial charge in [0, 0.05) is 25.6 Å². The van der Waals surface area contributed by atoms with E-state index >= 15 is 0 Å². The first-order valence-corrected chi connectivity index (χ1v) is 8.14. The van der Waals surface area contributed by atoms with Crippen LogP contribution in [0.25, 0.3) is 6.08 Å². The summed E-state index contributed by atoms with van der Waals surface area (Å²) < 4.78 is 0. The van der Waals surface area contributed by atoms with Crippen LogP contribution < -0.4 is 5.48 Å². The Balaban J connectivity index is 1.70. The van der Waals surface area contributed by atoms with Gasteiger partial charge in [-0.3, -0.25) is 14.8 Å². The van der Waals surface area contributed by atoms with Crippen molar-refractivity contribution in [1.29, 1.82) is 0 Å². The predicted molar refractivity (Wildman–Crippen MR) is 88.6 cm³/mol. The average Bonchev–Trinajstić information content (AvgIpc) is 2.61. The molecule has 1 aliphatic heterocycles. The van der Waals surface area contributed by atoms with Crippen molar-refractivity contribution < 1.29 is 14.8 Å². The lowest BCUT2D eigenvalue weighted by Gasteiger charge is -2.31. The van der Waals surface area contributed by atoms with Gasteiger partial charge in [-0.1, -0.05) is 30.3 Å². The molecule has 1 aromatic carbocycles. The van der Waals surface area contributed by atoms with Crippen molar-refractivity contribution in [3.63, 3.8) is 0 Å². The van der Waals surface area contributed by atoms with Gasteiger partial charge in [-0.15, -0.1) is 0 Å². The monoisotopic (exact) mass is 316 g/mol. The zero-order valence-corrected chi connectivity index (χ0v) is 13.3. The molecular formula is C18H24N2O3. The molecule has 2 rings (SSSR count). The minimum Gasteiger partial charge on any atom is -0.339 e. The lowest BCUT2D eigenvalue weighted by Crippen LogP contribution is -2.37. The van der Waals surface area contributed by atoms with Crippen molar-refractivity contribution in [2.45, 2.75) is 32.1 Å². The third-order valence-corrected chi connectivity index (χ3v) is 4.29. The summed E-state index contributed by atoms with van der Waals surface area (Å²) in [7, 11) is 0. The number of hydroxylamine groups is 1. The van der Waals surface area contributed by atoms with Gasteiger partial charge in [0.15, 0.2) is 0 Å². The Morgan fingerprint density at radius 3 is 2.57 bits per heavy atom. The van der Waals surface area contributed by atoms with Crippen LogP contribution in [0.2, 0.25) is 0 Å². The van der Waals surface area contributed by atoms with Gasteiger partial charge in [-0.05, 0) is 43.2 Å². The number of rotatable bonds is 6. The number of piperidine rings is 1. The van der Waals surface area contributed by atoms with E-state index in [1.807, 2.05) is 41.3 Å². The third kappa shape index (κ3) is 5.87. The molecule has 5 nitrogen and oxygen atoms in total. The van der Waals surface area contributed by atoms with Crippen LogP contribution in [0.15, 0.2) is 36.4 Å². The molecule has 0 atom stereocenters. The van der Waals surface area contributed by atoms with E-state index in [4.69, 9.17) is 5.21 Å². The molecule has 0 aromatic heterocycles. The number of benzene rings is 1. The molecule has 1 fully saturated rings. The van der Waals surface area contributed by atoms with Crippen LogP contribution in [0, 0.1) is 5.92 Å². The van der Waals surface area contributed by atoms with Crippen molar-refractivity contribution in [1.82, 2.24) is 10.4 Å². The SMILES string of the molecule is O=C(CCCC1CCN(C(=O)/C=C/c2ccccc2)CC1)NO. The summed E-state index contributed by atoms with van der Waals surface area (Å²) in [5, 5.41) is 8.45. The van der Waals surface area contributed by atoms with E-state index in [2.05, 4.69) is 0 Å². The Bertz CT molecular complexity index is 534. The molecule has 5 heteroatoms. The zero-order chi connectivity index (χ0) is 16.5. The van der Waals surface area contributed by atoms with Crippen LogP contribution in [0.5, 0.6) is 0 Å². The Hall–Kier alpha value is -2.14. The quantitative estimate of drug-likeness (QED) is 0.481. The largest absolute Gasteiger partial charge is 0.339 e. The summed E-state index contributed by atoms with van der Waals surface area (Å²) in [6.45, 7) is 1.55. The highest BCUT2D eigenvalue weighted by Crippen LogP contribution is 2.22. The topological polar surface area (TPSA) is 69.6 Å². The van der Waals surface area contributed by atoms with Gasteiger partial charge in [-0.2, -0.15) is 0 Å². The Morgan fingerprint density at radius 2 is 1.91 bits per heavy atom. The van der Waals surface area contributed by atoms with Gasteiger partial charge in [0.2, 0.25) is 11.8 Å². The first kappa shape index (κ1) is 17.2. The fourth-order valence-corrected chi connectivity index (χ4v) is 2.89. The van der Waals surface area contributed by atoms with Gasteiger partial charge in [-0.25, -0.2) is 5.48 Å². The molecule has 1 aliphatic rings. The first-order valence-electron chi connectivity index (χ1n) is 8.14. The molecule has 1 heterocycles. The second-order valence-electron chi connectivity index (χ2n) is 5.94. The summed E-state index contributed by atoms with van der Waals surface area (Å²) in [5.74, 6) is 0.291. The van der Waals surface area contributed by atoms with Crippen molar-refractivity contribution in [2.75, 3.05) is 13.1 Å². The highest BCUT2D eigenvalue weighted by molar-refractivity contribution is 5.91. The molecule has 0 unspecified atom stereocenters. The molecular weight excluding hydrogens is 292 g/mol. The van der Waals surface area contributed by atoms with E-state index in [0.717, 1.165) is 44.3 Å². The minimum atomic E-state index is -0.330. The van der Waals surface area contributed by atoms with Gasteiger partial charge in [0.25, 0.3) is 0 Å². The molecule has 0 aliphatic carbocycles. The van der Waals surface area contributed by atoms with Gasteiger partial charge in [0.1, 0.15) is 0 Å². The second-order valence-corrected chi connectivity index (χ2v) is 5.94. The highest BCUT2D eigenvalue weighted by atomic mass is 16.5. The van der Waals surface area contributed by atoms with Crippen LogP contribution >= 0.6 is 0 Å². The summed E-state index contributed by atoms with van der Waals surface area (Å²) in [6.07, 6.45) is 7.55. The summed E-state index contributed by atoms with van der Waals surface area (Å²) in [6, 6.07) is 9.80. The number of amides is 2. The van der Waals surface area contributed by atoms with Gasteiger partial charge < -0.3 is 4.90 Å². The maximum absolute atomic E-state index is 12.2. The number of hydrogen-bond acceptors (Lipinski definition) is 3. The van der Waals surface area contributed by atoms with Crippen LogP contribution in [0.3, 0.4) is 0 Å². The number of likely N-dealkylation sites (tertiary alicyclic amines) is 1. The molecule has 1 aromatic rings. The van der Waals surface area contributed by atoms with Crippen LogP contribution in [-0.2, 0) is 9.59 Å². The minimum absolute atomic E-state index is 0.0620. The molecule has 124 valence electrons. The second kappa shape index (κ2) is 9.10. The molecule has 2 amide bonds. The van der Waals surface area contributed by atoms with Crippen LogP contribution in [0.4, 0.5) is 0 Å². The zero-order valence-electron chi connectivity index (χ0n) is 13.3. The van der Waals surface area contributed by atoms with Crippen LogP contribution in [-0.4, -0.2) is 35.0 Å². The third-order valence-electron chi connectivity index (χ3n) is 4.29. The lowest BCUT2D eigenvalue weighted by atomic mass is 9.91. The Labute approximate surface area is 136 Å². The number of hydrogen-bond donors (Lipinski definition) is 2. The van der Waals surface area contributed by atoms with E-state index in [9.17, 15) is 9.59 Å². The smallest absolute Gasteiger partial charge is 0.246 e. The lowest BCUT2D eigenvalue weighted by molar-refractivity contribution is -0.129. The number of nitrogens with zero attached hydrogens (tertiary/aromatic N) is 1. The molecule has 0 spiro atoms. The average molecular weight is 316 g/mol.